The molecular weight excluding hydrogens is 154 g/mol. The van der Waals surface area contributed by atoms with Crippen molar-refractivity contribution in [3.05, 3.63) is 23.1 Å². The van der Waals surface area contributed by atoms with Crippen molar-refractivity contribution in [1.82, 2.24) is 0 Å². The third-order valence-corrected chi connectivity index (χ3v) is 2.41. The highest BCUT2D eigenvalue weighted by atomic mass is 32.2. The third kappa shape index (κ3) is 5.92. The molecule has 0 spiro atoms. The van der Waals surface area contributed by atoms with E-state index in [2.05, 4.69) is 24.6 Å². The first-order chi connectivity index (χ1) is 5.20. The largest absolute Gasteiger partial charge is 0.296 e. The molecule has 0 aliphatic heterocycles. The van der Waals surface area contributed by atoms with Gasteiger partial charge in [-0.1, -0.05) is 12.7 Å². The lowest BCUT2D eigenvalue weighted by Crippen LogP contribution is -1.86. The molecule has 0 aromatic rings. The summed E-state index contributed by atoms with van der Waals surface area (Å²) in [5, 5.41) is 0. The van der Waals surface area contributed by atoms with Crippen molar-refractivity contribution in [2.75, 3.05) is 12.8 Å². The minimum Gasteiger partial charge on any atom is -0.296 e. The lowest BCUT2D eigenvalue weighted by atomic mass is 10.4. The van der Waals surface area contributed by atoms with Gasteiger partial charge in [-0.25, -0.2) is 0 Å². The minimum atomic E-state index is 0.938. The van der Waals surface area contributed by atoms with Crippen LogP contribution in [-0.4, -0.2) is 19.0 Å². The Balaban J connectivity index is 3.63. The van der Waals surface area contributed by atoms with Gasteiger partial charge >= 0.3 is 0 Å². The van der Waals surface area contributed by atoms with Crippen molar-refractivity contribution >= 4 is 18.0 Å². The molecule has 0 fully saturated rings. The molecule has 0 aliphatic rings. The van der Waals surface area contributed by atoms with Gasteiger partial charge in [0, 0.05) is 19.0 Å². The van der Waals surface area contributed by atoms with Gasteiger partial charge in [-0.2, -0.15) is 0 Å². The molecule has 0 N–H and O–H groups in total. The van der Waals surface area contributed by atoms with Crippen LogP contribution >= 0.6 is 11.8 Å². The average molecular weight is 169 g/mol. The number of nitrogens with zero attached hydrogens (tertiary/aromatic N) is 1. The molecule has 0 saturated carbocycles. The molecule has 0 saturated heterocycles. The number of hydrogen-bond donors (Lipinski definition) is 0. The van der Waals surface area contributed by atoms with E-state index in [1.165, 1.54) is 4.91 Å². The monoisotopic (exact) mass is 169 g/mol. The van der Waals surface area contributed by atoms with Crippen LogP contribution in [0.2, 0.25) is 0 Å². The summed E-state index contributed by atoms with van der Waals surface area (Å²) in [6, 6.07) is 0. The van der Waals surface area contributed by atoms with E-state index in [9.17, 15) is 0 Å². The van der Waals surface area contributed by atoms with E-state index in [0.717, 1.165) is 11.3 Å². The average Bonchev–Trinajstić information content (AvgIpc) is 2.01. The third-order valence-electron chi connectivity index (χ3n) is 1.20. The predicted octanol–water partition coefficient (Wildman–Crippen LogP) is 2.90. The lowest BCUT2D eigenvalue weighted by Gasteiger charge is -1.98. The Bertz CT molecular complexity index is 180. The van der Waals surface area contributed by atoms with Gasteiger partial charge in [-0.05, 0) is 24.3 Å². The van der Waals surface area contributed by atoms with Crippen LogP contribution in [0.5, 0.6) is 0 Å². The summed E-state index contributed by atoms with van der Waals surface area (Å²) in [4.78, 5) is 5.21. The maximum atomic E-state index is 3.88. The van der Waals surface area contributed by atoms with E-state index >= 15 is 0 Å². The van der Waals surface area contributed by atoms with Crippen LogP contribution in [0.25, 0.3) is 0 Å². The summed E-state index contributed by atoms with van der Waals surface area (Å²) in [5.74, 6) is 0.938. The highest BCUT2D eigenvalue weighted by molar-refractivity contribution is 8.03. The zero-order valence-electron chi connectivity index (χ0n) is 7.42. The summed E-state index contributed by atoms with van der Waals surface area (Å²) in [5.41, 5.74) is 1.07. The molecule has 1 nitrogen and oxygen atoms in total. The molecule has 0 atom stereocenters. The Morgan fingerprint density at radius 1 is 1.64 bits per heavy atom. The van der Waals surface area contributed by atoms with Crippen molar-refractivity contribution in [2.45, 2.75) is 13.8 Å². The van der Waals surface area contributed by atoms with E-state index in [0.29, 0.717) is 0 Å². The topological polar surface area (TPSA) is 12.4 Å². The van der Waals surface area contributed by atoms with Crippen LogP contribution in [-0.2, 0) is 0 Å². The van der Waals surface area contributed by atoms with Gasteiger partial charge in [0.2, 0.25) is 0 Å². The van der Waals surface area contributed by atoms with Gasteiger partial charge < -0.3 is 0 Å². The molecule has 0 aliphatic carbocycles. The highest BCUT2D eigenvalue weighted by Gasteiger charge is 1.91. The van der Waals surface area contributed by atoms with E-state index in [1.807, 2.05) is 6.92 Å². The zero-order valence-corrected chi connectivity index (χ0v) is 8.24. The summed E-state index contributed by atoms with van der Waals surface area (Å²) in [6.07, 6.45) is 3.90. The fourth-order valence-corrected chi connectivity index (χ4v) is 1.16. The molecule has 2 heteroatoms. The second-order valence-electron chi connectivity index (χ2n) is 2.23. The van der Waals surface area contributed by atoms with Crippen molar-refractivity contribution in [3.63, 3.8) is 0 Å². The fourth-order valence-electron chi connectivity index (χ4n) is 0.510. The SMILES string of the molecule is C=C(C=NC)CS/C(C)=C/C. The van der Waals surface area contributed by atoms with Gasteiger partial charge in [-0.15, -0.1) is 11.8 Å². The maximum absolute atomic E-state index is 3.88. The normalized spacial score (nSPS) is 12.5. The molecule has 0 unspecified atom stereocenters. The van der Waals surface area contributed by atoms with Crippen LogP contribution in [0.15, 0.2) is 28.1 Å². The Morgan fingerprint density at radius 2 is 2.27 bits per heavy atom. The van der Waals surface area contributed by atoms with E-state index in [1.54, 1.807) is 25.0 Å². The van der Waals surface area contributed by atoms with Gasteiger partial charge in [0.25, 0.3) is 0 Å². The summed E-state index contributed by atoms with van der Waals surface area (Å²) < 4.78 is 0. The van der Waals surface area contributed by atoms with E-state index in [4.69, 9.17) is 0 Å². The molecule has 0 aromatic carbocycles. The zero-order chi connectivity index (χ0) is 8.69. The summed E-state index contributed by atoms with van der Waals surface area (Å²) in [6.45, 7) is 7.99. The molecule has 0 heterocycles. The van der Waals surface area contributed by atoms with Gasteiger partial charge in [0.15, 0.2) is 0 Å². The van der Waals surface area contributed by atoms with Crippen molar-refractivity contribution < 1.29 is 0 Å². The second-order valence-corrected chi connectivity index (χ2v) is 3.45. The highest BCUT2D eigenvalue weighted by Crippen LogP contribution is 2.15. The van der Waals surface area contributed by atoms with Crippen molar-refractivity contribution in [3.8, 4) is 0 Å². The molecule has 0 bridgehead atoms. The first-order valence-corrected chi connectivity index (χ1v) is 4.55. The molecule has 0 aromatic heterocycles. The Hall–Kier alpha value is -0.500. The van der Waals surface area contributed by atoms with Crippen molar-refractivity contribution in [2.24, 2.45) is 4.99 Å². The first-order valence-electron chi connectivity index (χ1n) is 3.56. The van der Waals surface area contributed by atoms with Crippen LogP contribution in [0.1, 0.15) is 13.8 Å². The maximum Gasteiger partial charge on any atom is 0.0277 e. The van der Waals surface area contributed by atoms with Crippen LogP contribution in [0, 0.1) is 0 Å². The predicted molar refractivity (Wildman–Crippen MR) is 55.4 cm³/mol. The van der Waals surface area contributed by atoms with E-state index in [-0.39, 0.29) is 0 Å². The van der Waals surface area contributed by atoms with Crippen LogP contribution in [0.4, 0.5) is 0 Å². The second kappa shape index (κ2) is 6.23. The standard InChI is InChI=1S/C9H15NS/c1-5-9(3)11-7-8(2)6-10-4/h5-6H,2,7H2,1,3-4H3/b9-5+,10-6?. The molecular formula is C9H15NS. The quantitative estimate of drug-likeness (QED) is 0.589. The summed E-state index contributed by atoms with van der Waals surface area (Å²) in [7, 11) is 1.76. The number of rotatable bonds is 4. The minimum absolute atomic E-state index is 0.938. The molecule has 62 valence electrons. The summed E-state index contributed by atoms with van der Waals surface area (Å²) >= 11 is 1.79. The number of thioether (sulfide) groups is 1. The fraction of sp³-hybridized carbons (Fsp3) is 0.444. The first kappa shape index (κ1) is 10.5. The number of allylic oxidation sites excluding steroid dienone is 2. The smallest absolute Gasteiger partial charge is 0.0277 e. The lowest BCUT2D eigenvalue weighted by molar-refractivity contribution is 1.45. The Kier molecular flexibility index (Phi) is 5.94. The number of hydrogen-bond acceptors (Lipinski definition) is 2. The number of aliphatic imine (C=N–C) groups is 1. The Labute approximate surface area is 73.3 Å². The van der Waals surface area contributed by atoms with Gasteiger partial charge in [-0.3, -0.25) is 4.99 Å². The molecule has 11 heavy (non-hydrogen) atoms. The van der Waals surface area contributed by atoms with Gasteiger partial charge in [0.1, 0.15) is 0 Å². The molecule has 0 radical (unpaired) electrons. The Morgan fingerprint density at radius 3 is 2.73 bits per heavy atom. The van der Waals surface area contributed by atoms with Crippen molar-refractivity contribution in [1.29, 1.82) is 0 Å². The van der Waals surface area contributed by atoms with E-state index < -0.39 is 0 Å². The van der Waals surface area contributed by atoms with Crippen LogP contribution < -0.4 is 0 Å². The van der Waals surface area contributed by atoms with Gasteiger partial charge in [0.05, 0.1) is 0 Å². The molecule has 0 rings (SSSR count). The molecule has 0 amide bonds. The van der Waals surface area contributed by atoms with Crippen LogP contribution in [0.3, 0.4) is 0 Å².